The molecule has 2 N–H and O–H groups in total. The summed E-state index contributed by atoms with van der Waals surface area (Å²) >= 11 is 0. The van der Waals surface area contributed by atoms with Crippen molar-refractivity contribution in [2.24, 2.45) is 0 Å². The lowest BCUT2D eigenvalue weighted by Gasteiger charge is -2.07. The second kappa shape index (κ2) is 3.95. The first kappa shape index (κ1) is 10.3. The van der Waals surface area contributed by atoms with E-state index in [0.717, 1.165) is 0 Å². The molecule has 0 spiro atoms. The van der Waals surface area contributed by atoms with Crippen LogP contribution in [0.2, 0.25) is 0 Å². The van der Waals surface area contributed by atoms with Gasteiger partial charge in [0.25, 0.3) is 0 Å². The SMILES string of the molecule is CCc1cc(OC)c(O)c(C(=O)O)n1. The molecule has 0 aliphatic heterocycles. The Morgan fingerprint density at radius 3 is 2.71 bits per heavy atom. The Kier molecular flexibility index (Phi) is 2.91. The molecule has 0 aliphatic rings. The van der Waals surface area contributed by atoms with Crippen LogP contribution in [0.1, 0.15) is 23.1 Å². The molecule has 1 aromatic heterocycles. The number of aromatic carboxylic acids is 1. The van der Waals surface area contributed by atoms with Crippen LogP contribution in [0.3, 0.4) is 0 Å². The predicted molar refractivity (Wildman–Crippen MR) is 48.8 cm³/mol. The molecule has 0 saturated carbocycles. The molecular weight excluding hydrogens is 186 g/mol. The van der Waals surface area contributed by atoms with E-state index >= 15 is 0 Å². The first-order chi connectivity index (χ1) is 6.60. The molecule has 0 aliphatic carbocycles. The minimum atomic E-state index is -1.27. The van der Waals surface area contributed by atoms with Gasteiger partial charge in [-0.2, -0.15) is 0 Å². The number of nitrogens with zero attached hydrogens (tertiary/aromatic N) is 1. The Morgan fingerprint density at radius 1 is 1.64 bits per heavy atom. The van der Waals surface area contributed by atoms with E-state index in [1.54, 1.807) is 0 Å². The first-order valence-corrected chi connectivity index (χ1v) is 4.10. The van der Waals surface area contributed by atoms with Gasteiger partial charge in [0, 0.05) is 11.8 Å². The second-order valence-electron chi connectivity index (χ2n) is 2.67. The van der Waals surface area contributed by atoms with Crippen molar-refractivity contribution in [2.75, 3.05) is 7.11 Å². The van der Waals surface area contributed by atoms with E-state index in [4.69, 9.17) is 9.84 Å². The van der Waals surface area contributed by atoms with Crippen LogP contribution in [0.5, 0.6) is 11.5 Å². The summed E-state index contributed by atoms with van der Waals surface area (Å²) in [6, 6.07) is 1.52. The normalized spacial score (nSPS) is 9.86. The van der Waals surface area contributed by atoms with E-state index in [1.165, 1.54) is 13.2 Å². The fraction of sp³-hybridized carbons (Fsp3) is 0.333. The average molecular weight is 197 g/mol. The summed E-state index contributed by atoms with van der Waals surface area (Å²) in [6.07, 6.45) is 0.580. The van der Waals surface area contributed by atoms with Gasteiger partial charge in [-0.1, -0.05) is 6.92 Å². The van der Waals surface area contributed by atoms with Crippen molar-refractivity contribution in [2.45, 2.75) is 13.3 Å². The van der Waals surface area contributed by atoms with Gasteiger partial charge in [-0.15, -0.1) is 0 Å². The van der Waals surface area contributed by atoms with Crippen molar-refractivity contribution in [1.82, 2.24) is 4.98 Å². The number of carboxylic acids is 1. The highest BCUT2D eigenvalue weighted by Gasteiger charge is 2.17. The van der Waals surface area contributed by atoms with Gasteiger partial charge >= 0.3 is 5.97 Å². The van der Waals surface area contributed by atoms with E-state index in [9.17, 15) is 9.90 Å². The van der Waals surface area contributed by atoms with Crippen LogP contribution in [0, 0.1) is 0 Å². The van der Waals surface area contributed by atoms with Gasteiger partial charge in [0.2, 0.25) is 0 Å². The molecule has 76 valence electrons. The Bertz CT molecular complexity index is 362. The Balaban J connectivity index is 3.34. The van der Waals surface area contributed by atoms with Crippen molar-refractivity contribution in [1.29, 1.82) is 0 Å². The van der Waals surface area contributed by atoms with Crippen LogP contribution < -0.4 is 4.74 Å². The van der Waals surface area contributed by atoms with Crippen molar-refractivity contribution >= 4 is 5.97 Å². The van der Waals surface area contributed by atoms with Gasteiger partial charge in [0.15, 0.2) is 17.2 Å². The van der Waals surface area contributed by atoms with Crippen LogP contribution in [-0.2, 0) is 6.42 Å². The minimum Gasteiger partial charge on any atom is -0.503 e. The largest absolute Gasteiger partial charge is 0.503 e. The van der Waals surface area contributed by atoms with E-state index in [0.29, 0.717) is 12.1 Å². The number of carbonyl (C=O) groups is 1. The van der Waals surface area contributed by atoms with Gasteiger partial charge < -0.3 is 14.9 Å². The van der Waals surface area contributed by atoms with Gasteiger partial charge in [0.1, 0.15) is 0 Å². The molecule has 0 saturated heterocycles. The minimum absolute atomic E-state index is 0.134. The van der Waals surface area contributed by atoms with Crippen molar-refractivity contribution in [3.8, 4) is 11.5 Å². The fourth-order valence-corrected chi connectivity index (χ4v) is 1.05. The monoisotopic (exact) mass is 197 g/mol. The lowest BCUT2D eigenvalue weighted by Crippen LogP contribution is -2.04. The molecule has 0 unspecified atom stereocenters. The van der Waals surface area contributed by atoms with Gasteiger partial charge in [-0.25, -0.2) is 9.78 Å². The summed E-state index contributed by atoms with van der Waals surface area (Å²) < 4.78 is 4.82. The second-order valence-corrected chi connectivity index (χ2v) is 2.67. The van der Waals surface area contributed by atoms with Gasteiger partial charge in [0.05, 0.1) is 7.11 Å². The molecule has 1 heterocycles. The Morgan fingerprint density at radius 2 is 2.29 bits per heavy atom. The van der Waals surface area contributed by atoms with Crippen LogP contribution in [0.15, 0.2) is 6.07 Å². The third kappa shape index (κ3) is 1.76. The van der Waals surface area contributed by atoms with Crippen molar-refractivity contribution < 1.29 is 19.7 Å². The third-order valence-electron chi connectivity index (χ3n) is 1.80. The van der Waals surface area contributed by atoms with Crippen LogP contribution >= 0.6 is 0 Å². The van der Waals surface area contributed by atoms with Gasteiger partial charge in [-0.3, -0.25) is 0 Å². The molecule has 5 nitrogen and oxygen atoms in total. The fourth-order valence-electron chi connectivity index (χ4n) is 1.05. The highest BCUT2D eigenvalue weighted by Crippen LogP contribution is 2.29. The number of hydrogen-bond acceptors (Lipinski definition) is 4. The quantitative estimate of drug-likeness (QED) is 0.757. The zero-order chi connectivity index (χ0) is 10.7. The first-order valence-electron chi connectivity index (χ1n) is 4.10. The lowest BCUT2D eigenvalue weighted by atomic mass is 10.2. The maximum Gasteiger partial charge on any atom is 0.358 e. The zero-order valence-electron chi connectivity index (χ0n) is 7.94. The summed E-state index contributed by atoms with van der Waals surface area (Å²) in [4.78, 5) is 14.4. The molecular formula is C9H11NO4. The molecule has 0 atom stereocenters. The molecule has 1 rings (SSSR count). The summed E-state index contributed by atoms with van der Waals surface area (Å²) in [5.74, 6) is -1.57. The molecule has 5 heteroatoms. The Labute approximate surface area is 81.0 Å². The maximum atomic E-state index is 10.7. The standard InChI is InChI=1S/C9H11NO4/c1-3-5-4-6(14-2)8(11)7(10-5)9(12)13/h4,11H,3H2,1-2H3,(H,12,13). The topological polar surface area (TPSA) is 79.7 Å². The number of pyridine rings is 1. The molecule has 14 heavy (non-hydrogen) atoms. The summed E-state index contributed by atoms with van der Waals surface area (Å²) in [5.41, 5.74) is 0.193. The number of aromatic hydroxyl groups is 1. The van der Waals surface area contributed by atoms with Crippen molar-refractivity contribution in [3.63, 3.8) is 0 Å². The molecule has 0 aromatic carbocycles. The van der Waals surface area contributed by atoms with Crippen LogP contribution in [0.25, 0.3) is 0 Å². The van der Waals surface area contributed by atoms with Crippen LogP contribution in [0.4, 0.5) is 0 Å². The molecule has 0 amide bonds. The number of carboxylic acid groups (broad SMARTS) is 1. The number of aromatic nitrogens is 1. The third-order valence-corrected chi connectivity index (χ3v) is 1.80. The molecule has 0 bridgehead atoms. The number of hydrogen-bond donors (Lipinski definition) is 2. The van der Waals surface area contributed by atoms with E-state index in [1.807, 2.05) is 6.92 Å². The van der Waals surface area contributed by atoms with Crippen LogP contribution in [-0.4, -0.2) is 28.3 Å². The highest BCUT2D eigenvalue weighted by atomic mass is 16.5. The van der Waals surface area contributed by atoms with E-state index < -0.39 is 11.7 Å². The number of methoxy groups -OCH3 is 1. The maximum absolute atomic E-state index is 10.7. The Hall–Kier alpha value is -1.78. The molecule has 1 aromatic rings. The molecule has 0 radical (unpaired) electrons. The zero-order valence-corrected chi connectivity index (χ0v) is 7.94. The average Bonchev–Trinajstić information content (AvgIpc) is 2.17. The summed E-state index contributed by atoms with van der Waals surface area (Å²) in [6.45, 7) is 1.84. The van der Waals surface area contributed by atoms with Crippen molar-refractivity contribution in [3.05, 3.63) is 17.5 Å². The summed E-state index contributed by atoms with van der Waals surface area (Å²) in [5, 5.41) is 18.1. The number of rotatable bonds is 3. The number of aryl methyl sites for hydroxylation is 1. The summed E-state index contributed by atoms with van der Waals surface area (Å²) in [7, 11) is 1.36. The predicted octanol–water partition coefficient (Wildman–Crippen LogP) is 1.06. The number of ether oxygens (including phenoxy) is 1. The van der Waals surface area contributed by atoms with E-state index in [2.05, 4.69) is 4.98 Å². The highest BCUT2D eigenvalue weighted by molar-refractivity contribution is 5.89. The van der Waals surface area contributed by atoms with Gasteiger partial charge in [-0.05, 0) is 6.42 Å². The molecule has 0 fully saturated rings. The lowest BCUT2D eigenvalue weighted by molar-refractivity contribution is 0.0686. The smallest absolute Gasteiger partial charge is 0.358 e. The van der Waals surface area contributed by atoms with E-state index in [-0.39, 0.29) is 11.4 Å².